The number of nitrogens with zero attached hydrogens (tertiary/aromatic N) is 2. The van der Waals surface area contributed by atoms with Crippen LogP contribution in [0.25, 0.3) is 16.5 Å². The van der Waals surface area contributed by atoms with E-state index in [4.69, 9.17) is 21.1 Å². The quantitative estimate of drug-likeness (QED) is 0.426. The van der Waals surface area contributed by atoms with Crippen LogP contribution in [0.5, 0.6) is 5.88 Å². The van der Waals surface area contributed by atoms with E-state index in [0.717, 1.165) is 71.9 Å². The normalized spacial score (nSPS) is 21.5. The van der Waals surface area contributed by atoms with Crippen LogP contribution in [0.15, 0.2) is 84.4 Å². The molecule has 0 saturated carbocycles. The minimum atomic E-state index is -0.124. The van der Waals surface area contributed by atoms with Gasteiger partial charge in [-0.3, -0.25) is 0 Å². The first-order chi connectivity index (χ1) is 17.7. The Kier molecular flexibility index (Phi) is 6.53. The number of halogens is 1. The molecule has 5 nitrogen and oxygen atoms in total. The Morgan fingerprint density at radius 1 is 1.22 bits per heavy atom. The van der Waals surface area contributed by atoms with Gasteiger partial charge in [0.05, 0.1) is 10.5 Å². The van der Waals surface area contributed by atoms with Gasteiger partial charge < -0.3 is 19.4 Å². The number of methoxy groups -OCH3 is 1. The fraction of sp³-hybridized carbons (Fsp3) is 0.300. The van der Waals surface area contributed by atoms with E-state index in [2.05, 4.69) is 45.3 Å². The van der Waals surface area contributed by atoms with E-state index < -0.39 is 0 Å². The fourth-order valence-electron chi connectivity index (χ4n) is 5.59. The molecule has 1 unspecified atom stereocenters. The molecule has 3 aliphatic rings. The molecule has 6 heteroatoms. The van der Waals surface area contributed by atoms with E-state index in [1.165, 1.54) is 10.9 Å². The van der Waals surface area contributed by atoms with Crippen LogP contribution in [0.4, 0.5) is 0 Å². The van der Waals surface area contributed by atoms with Crippen molar-refractivity contribution in [1.82, 2.24) is 14.9 Å². The zero-order valence-corrected chi connectivity index (χ0v) is 21.2. The summed E-state index contributed by atoms with van der Waals surface area (Å²) in [6.07, 6.45) is 17.6. The molecule has 1 saturated heterocycles. The Morgan fingerprint density at radius 2 is 2.11 bits per heavy atom. The van der Waals surface area contributed by atoms with Gasteiger partial charge in [-0.1, -0.05) is 42.0 Å². The molecule has 1 atom stereocenters. The molecule has 1 aromatic carbocycles. The van der Waals surface area contributed by atoms with Crippen molar-refractivity contribution >= 4 is 28.1 Å². The summed E-state index contributed by atoms with van der Waals surface area (Å²) >= 11 is 6.38. The van der Waals surface area contributed by atoms with Crippen molar-refractivity contribution in [2.45, 2.75) is 31.3 Å². The first-order valence-corrected chi connectivity index (χ1v) is 13.0. The van der Waals surface area contributed by atoms with Gasteiger partial charge in [0.2, 0.25) is 5.88 Å². The number of hydrogen-bond acceptors (Lipinski definition) is 4. The number of pyridine rings is 1. The summed E-state index contributed by atoms with van der Waals surface area (Å²) < 4.78 is 11.9. The number of likely N-dealkylation sites (tertiary alicyclic amines) is 1. The van der Waals surface area contributed by atoms with Gasteiger partial charge in [0, 0.05) is 42.6 Å². The van der Waals surface area contributed by atoms with Gasteiger partial charge in [-0.15, -0.1) is 0 Å². The molecule has 6 rings (SSSR count). The number of aromatic nitrogens is 2. The number of nitrogens with one attached hydrogen (secondary N) is 1. The molecule has 3 aromatic rings. The number of allylic oxidation sites excluding steroid dienone is 4. The standard InChI is InChI=1S/C30H30ClN3O2/c1-35-27-10-3-11-28-24(27)18-21(22-8-4-14-32-30(22)36-28)6-5-15-34-16-12-20(13-17-34)25-19-33-29-23(25)7-2-9-26(29)31/h2-4,6-11,14,18-20,27,33H,5,12-13,15-17H2,1H3. The Morgan fingerprint density at radius 3 is 2.97 bits per heavy atom. The molecule has 2 aliphatic heterocycles. The maximum Gasteiger partial charge on any atom is 0.227 e. The minimum Gasteiger partial charge on any atom is -0.438 e. The molecule has 1 aliphatic carbocycles. The van der Waals surface area contributed by atoms with Crippen molar-refractivity contribution in [1.29, 1.82) is 0 Å². The highest BCUT2D eigenvalue weighted by Crippen LogP contribution is 2.37. The second-order valence-electron chi connectivity index (χ2n) is 9.60. The third kappa shape index (κ3) is 4.43. The van der Waals surface area contributed by atoms with Crippen molar-refractivity contribution in [3.8, 4) is 5.88 Å². The van der Waals surface area contributed by atoms with Gasteiger partial charge in [-0.25, -0.2) is 4.98 Å². The van der Waals surface area contributed by atoms with Gasteiger partial charge in [0.15, 0.2) is 0 Å². The van der Waals surface area contributed by atoms with E-state index >= 15 is 0 Å². The van der Waals surface area contributed by atoms with Gasteiger partial charge in [-0.05, 0) is 79.8 Å². The van der Waals surface area contributed by atoms with Crippen LogP contribution in [0.2, 0.25) is 5.02 Å². The Balaban J connectivity index is 1.15. The van der Waals surface area contributed by atoms with Gasteiger partial charge in [0.25, 0.3) is 0 Å². The van der Waals surface area contributed by atoms with E-state index in [9.17, 15) is 0 Å². The van der Waals surface area contributed by atoms with Crippen molar-refractivity contribution < 1.29 is 9.47 Å². The van der Waals surface area contributed by atoms with Crippen molar-refractivity contribution in [3.05, 3.63) is 101 Å². The second kappa shape index (κ2) is 10.1. The lowest BCUT2D eigenvalue weighted by molar-refractivity contribution is 0.164. The number of benzene rings is 1. The number of fused-ring (bicyclic) bond motifs is 3. The molecular formula is C30H30ClN3O2. The summed E-state index contributed by atoms with van der Waals surface area (Å²) in [5.41, 5.74) is 5.65. The molecule has 1 N–H and O–H groups in total. The number of hydrogen-bond donors (Lipinski definition) is 1. The lowest BCUT2D eigenvalue weighted by Crippen LogP contribution is -2.33. The molecule has 0 amide bonds. The number of piperidine rings is 1. The second-order valence-corrected chi connectivity index (χ2v) is 10.0. The molecule has 0 radical (unpaired) electrons. The van der Waals surface area contributed by atoms with Crippen LogP contribution < -0.4 is 4.74 Å². The maximum absolute atomic E-state index is 6.38. The smallest absolute Gasteiger partial charge is 0.227 e. The molecule has 0 bridgehead atoms. The van der Waals surface area contributed by atoms with Gasteiger partial charge in [-0.2, -0.15) is 0 Å². The summed E-state index contributed by atoms with van der Waals surface area (Å²) in [5.74, 6) is 2.02. The summed E-state index contributed by atoms with van der Waals surface area (Å²) in [7, 11) is 1.73. The molecule has 36 heavy (non-hydrogen) atoms. The average Bonchev–Trinajstić information content (AvgIpc) is 3.28. The minimum absolute atomic E-state index is 0.124. The predicted octanol–water partition coefficient (Wildman–Crippen LogP) is 6.66. The number of H-pyrrole nitrogens is 1. The average molecular weight is 500 g/mol. The topological polar surface area (TPSA) is 50.4 Å². The van der Waals surface area contributed by atoms with E-state index in [1.807, 2.05) is 36.4 Å². The summed E-state index contributed by atoms with van der Waals surface area (Å²) in [6, 6.07) is 10.2. The van der Waals surface area contributed by atoms with Crippen molar-refractivity contribution in [3.63, 3.8) is 0 Å². The lowest BCUT2D eigenvalue weighted by Gasteiger charge is -2.31. The molecular weight excluding hydrogens is 470 g/mol. The highest BCUT2D eigenvalue weighted by Gasteiger charge is 2.26. The summed E-state index contributed by atoms with van der Waals surface area (Å²) in [4.78, 5) is 10.5. The first kappa shape index (κ1) is 23.3. The summed E-state index contributed by atoms with van der Waals surface area (Å²) in [5, 5.41) is 2.06. The number of para-hydroxylation sites is 1. The van der Waals surface area contributed by atoms with E-state index in [0.29, 0.717) is 11.8 Å². The molecule has 1 fully saturated rings. The monoisotopic (exact) mass is 499 g/mol. The van der Waals surface area contributed by atoms with Crippen LogP contribution in [-0.4, -0.2) is 47.7 Å². The first-order valence-electron chi connectivity index (χ1n) is 12.7. The molecule has 2 aromatic heterocycles. The Hall–Kier alpha value is -3.12. The van der Waals surface area contributed by atoms with E-state index in [-0.39, 0.29) is 6.10 Å². The molecule has 184 valence electrons. The van der Waals surface area contributed by atoms with Crippen molar-refractivity contribution in [2.24, 2.45) is 0 Å². The van der Waals surface area contributed by atoms with Crippen LogP contribution >= 0.6 is 11.6 Å². The van der Waals surface area contributed by atoms with Crippen molar-refractivity contribution in [2.75, 3.05) is 26.7 Å². The van der Waals surface area contributed by atoms with Gasteiger partial charge >= 0.3 is 0 Å². The largest absolute Gasteiger partial charge is 0.438 e. The van der Waals surface area contributed by atoms with Crippen LogP contribution in [-0.2, 0) is 4.74 Å². The fourth-order valence-corrected chi connectivity index (χ4v) is 5.82. The van der Waals surface area contributed by atoms with Crippen LogP contribution in [0.3, 0.4) is 0 Å². The van der Waals surface area contributed by atoms with E-state index in [1.54, 1.807) is 13.3 Å². The zero-order valence-electron chi connectivity index (χ0n) is 20.4. The maximum atomic E-state index is 6.38. The molecule has 4 heterocycles. The highest BCUT2D eigenvalue weighted by molar-refractivity contribution is 6.35. The third-order valence-corrected chi connectivity index (χ3v) is 7.83. The predicted molar refractivity (Wildman–Crippen MR) is 145 cm³/mol. The molecule has 0 spiro atoms. The van der Waals surface area contributed by atoms with Crippen LogP contribution in [0.1, 0.15) is 36.3 Å². The highest BCUT2D eigenvalue weighted by atomic mass is 35.5. The Labute approximate surface area is 216 Å². The number of ether oxygens (including phenoxy) is 2. The summed E-state index contributed by atoms with van der Waals surface area (Å²) in [6.45, 7) is 3.24. The number of rotatable bonds is 5. The number of aromatic amines is 1. The SMILES string of the molecule is COC1C=CC=C2Oc3ncccc3C(=CCCN3CCC(c4c[nH]c5c(Cl)cccc45)CC3)C=C21. The van der Waals surface area contributed by atoms with Crippen LogP contribution in [0, 0.1) is 0 Å². The zero-order chi connectivity index (χ0) is 24.5. The lowest BCUT2D eigenvalue weighted by atomic mass is 9.89. The van der Waals surface area contributed by atoms with Gasteiger partial charge in [0.1, 0.15) is 11.9 Å². The third-order valence-electron chi connectivity index (χ3n) is 7.51. The Bertz CT molecular complexity index is 1390.